The Morgan fingerprint density at radius 3 is 2.35 bits per heavy atom. The Kier molecular flexibility index (Phi) is 10.6. The monoisotopic (exact) mass is 299 g/mol. The molecule has 0 aliphatic rings. The molecule has 0 saturated carbocycles. The molecule has 7 heteroatoms. The average Bonchev–Trinajstić information content (AvgIpc) is 2.28. The van der Waals surface area contributed by atoms with E-state index < -0.39 is 5.69 Å². The van der Waals surface area contributed by atoms with Crippen molar-refractivity contribution in [3.8, 4) is 0 Å². The van der Waals surface area contributed by atoms with E-state index in [0.717, 1.165) is 19.4 Å². The standard InChI is InChI=1S/C10H22NO3PS2/c1-4-7-8-11-10(12)9-17-15(16,13-5-2)14-6-3/h4-9H2,1-3H3,(H,11,12). The molecule has 4 nitrogen and oxygen atoms in total. The normalized spacial score (nSPS) is 11.5. The third-order valence-corrected chi connectivity index (χ3v) is 7.19. The molecule has 0 heterocycles. The number of hydrogen-bond acceptors (Lipinski definition) is 5. The summed E-state index contributed by atoms with van der Waals surface area (Å²) in [4.78, 5) is 11.5. The predicted molar refractivity (Wildman–Crippen MR) is 77.9 cm³/mol. The molecule has 0 radical (unpaired) electrons. The zero-order chi connectivity index (χ0) is 13.1. The third kappa shape index (κ3) is 9.03. The minimum atomic E-state index is -2.32. The van der Waals surface area contributed by atoms with Crippen molar-refractivity contribution in [3.05, 3.63) is 0 Å². The van der Waals surface area contributed by atoms with E-state index in [1.807, 2.05) is 13.8 Å². The number of unbranched alkanes of at least 4 members (excludes halogenated alkanes) is 1. The van der Waals surface area contributed by atoms with Gasteiger partial charge in [-0.25, -0.2) is 0 Å². The first-order valence-corrected chi connectivity index (χ1v) is 10.1. The van der Waals surface area contributed by atoms with Gasteiger partial charge >= 0.3 is 0 Å². The van der Waals surface area contributed by atoms with E-state index in [2.05, 4.69) is 12.2 Å². The quantitative estimate of drug-likeness (QED) is 0.496. The van der Waals surface area contributed by atoms with Crippen LogP contribution in [0.25, 0.3) is 0 Å². The van der Waals surface area contributed by atoms with Gasteiger partial charge in [0.25, 0.3) is 0 Å². The number of amides is 1. The third-order valence-electron chi connectivity index (χ3n) is 1.78. The minimum Gasteiger partial charge on any atom is -0.355 e. The Bertz CT molecular complexity index is 254. The van der Waals surface area contributed by atoms with E-state index in [1.165, 1.54) is 11.4 Å². The fourth-order valence-electron chi connectivity index (χ4n) is 1.02. The van der Waals surface area contributed by atoms with E-state index >= 15 is 0 Å². The van der Waals surface area contributed by atoms with Gasteiger partial charge < -0.3 is 14.4 Å². The molecular weight excluding hydrogens is 277 g/mol. The number of nitrogens with one attached hydrogen (secondary N) is 1. The molecule has 0 unspecified atom stereocenters. The Morgan fingerprint density at radius 2 is 1.88 bits per heavy atom. The van der Waals surface area contributed by atoms with Gasteiger partial charge in [-0.3, -0.25) is 4.79 Å². The van der Waals surface area contributed by atoms with Gasteiger partial charge in [0.2, 0.25) is 11.6 Å². The van der Waals surface area contributed by atoms with Crippen LogP contribution in [0.1, 0.15) is 33.6 Å². The first-order chi connectivity index (χ1) is 8.08. The van der Waals surface area contributed by atoms with Crippen LogP contribution in [-0.4, -0.2) is 31.4 Å². The summed E-state index contributed by atoms with van der Waals surface area (Å²) in [6.07, 6.45) is 2.07. The first kappa shape index (κ1) is 17.4. The summed E-state index contributed by atoms with van der Waals surface area (Å²) in [7, 11) is 0. The lowest BCUT2D eigenvalue weighted by molar-refractivity contribution is -0.118. The molecule has 102 valence electrons. The van der Waals surface area contributed by atoms with E-state index in [4.69, 9.17) is 20.9 Å². The van der Waals surface area contributed by atoms with Gasteiger partial charge in [0.05, 0.1) is 19.0 Å². The van der Waals surface area contributed by atoms with Gasteiger partial charge in [-0.2, -0.15) is 0 Å². The van der Waals surface area contributed by atoms with Crippen LogP contribution < -0.4 is 5.32 Å². The average molecular weight is 299 g/mol. The maximum absolute atomic E-state index is 11.5. The molecule has 17 heavy (non-hydrogen) atoms. The van der Waals surface area contributed by atoms with Crippen LogP contribution in [0.5, 0.6) is 0 Å². The van der Waals surface area contributed by atoms with Crippen LogP contribution in [0.15, 0.2) is 0 Å². The molecule has 0 aromatic carbocycles. The maximum atomic E-state index is 11.5. The minimum absolute atomic E-state index is 0.00270. The van der Waals surface area contributed by atoms with Gasteiger partial charge in [0.1, 0.15) is 0 Å². The van der Waals surface area contributed by atoms with Gasteiger partial charge in [0, 0.05) is 6.54 Å². The largest absolute Gasteiger partial charge is 0.355 e. The van der Waals surface area contributed by atoms with Crippen molar-refractivity contribution in [1.29, 1.82) is 0 Å². The lowest BCUT2D eigenvalue weighted by Crippen LogP contribution is -2.26. The molecule has 0 spiro atoms. The molecule has 0 atom stereocenters. The van der Waals surface area contributed by atoms with Gasteiger partial charge in [-0.15, -0.1) is 0 Å². The van der Waals surface area contributed by atoms with Crippen LogP contribution in [0, 0.1) is 0 Å². The van der Waals surface area contributed by atoms with E-state index in [0.29, 0.717) is 19.0 Å². The fourth-order valence-corrected chi connectivity index (χ4v) is 5.27. The van der Waals surface area contributed by atoms with Crippen molar-refractivity contribution in [1.82, 2.24) is 5.32 Å². The summed E-state index contributed by atoms with van der Waals surface area (Å²) in [5.74, 6) is 0.304. The molecular formula is C10H22NO3PS2. The molecule has 0 aromatic heterocycles. The molecule has 0 saturated heterocycles. The lowest BCUT2D eigenvalue weighted by Gasteiger charge is -2.19. The van der Waals surface area contributed by atoms with E-state index in [9.17, 15) is 4.79 Å². The highest BCUT2D eigenvalue weighted by atomic mass is 32.9. The molecule has 0 rings (SSSR count). The van der Waals surface area contributed by atoms with Crippen LogP contribution in [0.2, 0.25) is 0 Å². The number of carbonyl (C=O) groups is 1. The van der Waals surface area contributed by atoms with Crippen molar-refractivity contribution in [2.24, 2.45) is 0 Å². The number of hydrogen-bond donors (Lipinski definition) is 1. The molecule has 0 aliphatic carbocycles. The Morgan fingerprint density at radius 1 is 1.29 bits per heavy atom. The van der Waals surface area contributed by atoms with Crippen LogP contribution in [-0.2, 0) is 25.6 Å². The predicted octanol–water partition coefficient (Wildman–Crippen LogP) is 2.93. The zero-order valence-corrected chi connectivity index (χ0v) is 13.3. The van der Waals surface area contributed by atoms with Crippen molar-refractivity contribution in [2.75, 3.05) is 25.5 Å². The smallest absolute Gasteiger partial charge is 0.247 e. The molecule has 0 bridgehead atoms. The first-order valence-electron chi connectivity index (χ1n) is 5.88. The highest BCUT2D eigenvalue weighted by molar-refractivity contribution is 8.68. The highest BCUT2D eigenvalue weighted by Crippen LogP contribution is 2.60. The van der Waals surface area contributed by atoms with Crippen molar-refractivity contribution in [3.63, 3.8) is 0 Å². The van der Waals surface area contributed by atoms with Crippen LogP contribution in [0.3, 0.4) is 0 Å². The molecule has 1 amide bonds. The Labute approximate surface area is 113 Å². The summed E-state index contributed by atoms with van der Waals surface area (Å²) < 4.78 is 10.9. The van der Waals surface area contributed by atoms with Gasteiger partial charge in [0.15, 0.2) is 0 Å². The lowest BCUT2D eigenvalue weighted by atomic mass is 10.3. The summed E-state index contributed by atoms with van der Waals surface area (Å²) in [5.41, 5.74) is -2.32. The molecule has 0 aromatic rings. The molecule has 0 fully saturated rings. The summed E-state index contributed by atoms with van der Waals surface area (Å²) in [5, 5.41) is 2.84. The van der Waals surface area contributed by atoms with Gasteiger partial charge in [-0.1, -0.05) is 24.7 Å². The van der Waals surface area contributed by atoms with Crippen molar-refractivity contribution in [2.45, 2.75) is 33.6 Å². The topological polar surface area (TPSA) is 47.6 Å². The maximum Gasteiger partial charge on any atom is 0.247 e. The second-order valence-corrected chi connectivity index (χ2v) is 9.57. The van der Waals surface area contributed by atoms with E-state index in [1.54, 1.807) is 0 Å². The Balaban J connectivity index is 3.95. The van der Waals surface area contributed by atoms with Crippen LogP contribution in [0.4, 0.5) is 0 Å². The summed E-state index contributed by atoms with van der Waals surface area (Å²) >= 11 is 6.61. The number of carbonyl (C=O) groups excluding carboxylic acids is 1. The number of rotatable bonds is 10. The summed E-state index contributed by atoms with van der Waals surface area (Å²) in [6.45, 7) is 7.60. The second-order valence-electron chi connectivity index (χ2n) is 3.26. The summed E-state index contributed by atoms with van der Waals surface area (Å²) in [6, 6.07) is 0. The van der Waals surface area contributed by atoms with Crippen molar-refractivity contribution >= 4 is 34.8 Å². The van der Waals surface area contributed by atoms with Gasteiger partial charge in [-0.05, 0) is 32.1 Å². The van der Waals surface area contributed by atoms with E-state index in [-0.39, 0.29) is 5.91 Å². The zero-order valence-electron chi connectivity index (χ0n) is 10.7. The molecule has 0 aliphatic heterocycles. The SMILES string of the molecule is CCCCNC(=O)CSP(=S)(OCC)OCC. The fraction of sp³-hybridized carbons (Fsp3) is 0.900. The molecule has 1 N–H and O–H groups in total. The van der Waals surface area contributed by atoms with Crippen molar-refractivity contribution < 1.29 is 13.8 Å². The highest BCUT2D eigenvalue weighted by Gasteiger charge is 2.20. The second kappa shape index (κ2) is 10.3. The Hall–Kier alpha value is 0.390. The van der Waals surface area contributed by atoms with Crippen LogP contribution >= 0.6 is 17.1 Å².